The topological polar surface area (TPSA) is 35.6 Å². The highest BCUT2D eigenvalue weighted by molar-refractivity contribution is 6.23. The molecule has 0 N–H and O–H groups in total. The summed E-state index contributed by atoms with van der Waals surface area (Å²) in [6, 6.07) is 67.6. The molecule has 0 atom stereocenters. The van der Waals surface area contributed by atoms with E-state index in [1.165, 1.54) is 65.5 Å². The van der Waals surface area contributed by atoms with Crippen molar-refractivity contribution < 1.29 is 0 Å². The molecule has 0 aliphatic carbocycles. The zero-order valence-electron chi connectivity index (χ0n) is 30.3. The molecule has 0 amide bonds. The molecule has 0 bridgehead atoms. The van der Waals surface area contributed by atoms with Crippen LogP contribution >= 0.6 is 0 Å². The third-order valence-electron chi connectivity index (χ3n) is 11.5. The first kappa shape index (κ1) is 30.9. The molecule has 12 rings (SSSR count). The van der Waals surface area contributed by atoms with Crippen LogP contribution in [-0.2, 0) is 0 Å². The van der Waals surface area contributed by atoms with Crippen molar-refractivity contribution in [1.82, 2.24) is 19.1 Å². The van der Waals surface area contributed by atoms with Crippen LogP contribution < -0.4 is 0 Å². The van der Waals surface area contributed by atoms with Gasteiger partial charge < -0.3 is 9.13 Å². The summed E-state index contributed by atoms with van der Waals surface area (Å²) in [6.07, 6.45) is 1.92. The van der Waals surface area contributed by atoms with Crippen LogP contribution in [0.25, 0.3) is 110 Å². The van der Waals surface area contributed by atoms with Gasteiger partial charge in [-0.3, -0.25) is 4.98 Å². The van der Waals surface area contributed by atoms with Gasteiger partial charge in [-0.1, -0.05) is 140 Å². The molecule has 0 radical (unpaired) electrons. The lowest BCUT2D eigenvalue weighted by atomic mass is 9.99. The number of aromatic nitrogens is 4. The van der Waals surface area contributed by atoms with Gasteiger partial charge in [-0.15, -0.1) is 0 Å². The first-order valence-electron chi connectivity index (χ1n) is 19.1. The molecule has 4 heteroatoms. The number of nitrogens with zero attached hydrogens (tertiary/aromatic N) is 4. The van der Waals surface area contributed by atoms with E-state index in [1.54, 1.807) is 0 Å². The summed E-state index contributed by atoms with van der Waals surface area (Å²) in [4.78, 5) is 10.3. The largest absolute Gasteiger partial charge is 0.309 e. The minimum Gasteiger partial charge on any atom is -0.309 e. The van der Waals surface area contributed by atoms with E-state index >= 15 is 0 Å². The monoisotopic (exact) mass is 712 g/mol. The Morgan fingerprint density at radius 1 is 0.304 bits per heavy atom. The summed E-state index contributed by atoms with van der Waals surface area (Å²) in [5.41, 5.74) is 13.1. The summed E-state index contributed by atoms with van der Waals surface area (Å²) in [6.45, 7) is 0. The molecule has 3 aromatic heterocycles. The maximum Gasteiger partial charge on any atom is 0.0979 e. The molecule has 0 fully saturated rings. The molecule has 4 nitrogen and oxygen atoms in total. The molecule has 0 spiro atoms. The van der Waals surface area contributed by atoms with Gasteiger partial charge in [-0.05, 0) is 70.4 Å². The number of fused-ring (bicyclic) bond motifs is 12. The van der Waals surface area contributed by atoms with E-state index in [9.17, 15) is 0 Å². The maximum atomic E-state index is 5.25. The third kappa shape index (κ3) is 4.53. The van der Waals surface area contributed by atoms with Crippen molar-refractivity contribution in [2.24, 2.45) is 0 Å². The van der Waals surface area contributed by atoms with Crippen molar-refractivity contribution >= 4 is 76.2 Å². The van der Waals surface area contributed by atoms with Gasteiger partial charge in [0.25, 0.3) is 0 Å². The summed E-state index contributed by atoms with van der Waals surface area (Å²) in [5.74, 6) is 0. The third-order valence-corrected chi connectivity index (χ3v) is 11.5. The highest BCUT2D eigenvalue weighted by Crippen LogP contribution is 2.39. The molecule has 0 saturated heterocycles. The average Bonchev–Trinajstić information content (AvgIpc) is 3.79. The second-order valence-electron chi connectivity index (χ2n) is 14.6. The van der Waals surface area contributed by atoms with Crippen molar-refractivity contribution in [3.63, 3.8) is 0 Å². The van der Waals surface area contributed by atoms with Gasteiger partial charge in [0.05, 0.1) is 45.0 Å². The Hall–Kier alpha value is -7.56. The predicted molar refractivity (Wildman–Crippen MR) is 234 cm³/mol. The zero-order valence-corrected chi connectivity index (χ0v) is 30.3. The SMILES string of the molecule is c1ccc(-n2c3ccccc3c3ccc(-c4ccc5c6ccccc6n(-c6ccc(-c7cnc8c9ccccc9c9ccccc9c8n7)cc6)c5c4)cc32)cc1. The van der Waals surface area contributed by atoms with E-state index < -0.39 is 0 Å². The van der Waals surface area contributed by atoms with Crippen LogP contribution in [0.5, 0.6) is 0 Å². The van der Waals surface area contributed by atoms with E-state index in [-0.39, 0.29) is 0 Å². The van der Waals surface area contributed by atoms with E-state index in [4.69, 9.17) is 9.97 Å². The van der Waals surface area contributed by atoms with Crippen molar-refractivity contribution in [1.29, 1.82) is 0 Å². The van der Waals surface area contributed by atoms with Crippen LogP contribution in [0.4, 0.5) is 0 Å². The van der Waals surface area contributed by atoms with E-state index in [1.807, 2.05) is 6.20 Å². The van der Waals surface area contributed by atoms with E-state index in [0.29, 0.717) is 0 Å². The molecule has 0 aliphatic heterocycles. The Kier molecular flexibility index (Phi) is 6.60. The number of rotatable bonds is 4. The zero-order chi connectivity index (χ0) is 36.7. The molecule has 260 valence electrons. The molecule has 0 saturated carbocycles. The van der Waals surface area contributed by atoms with Crippen molar-refractivity contribution in [2.75, 3.05) is 0 Å². The van der Waals surface area contributed by atoms with Crippen molar-refractivity contribution in [2.45, 2.75) is 0 Å². The average molecular weight is 713 g/mol. The Morgan fingerprint density at radius 2 is 0.732 bits per heavy atom. The minimum atomic E-state index is 0.859. The number of benzene rings is 9. The van der Waals surface area contributed by atoms with Gasteiger partial charge in [0.1, 0.15) is 0 Å². The van der Waals surface area contributed by atoms with Crippen LogP contribution in [0.2, 0.25) is 0 Å². The van der Waals surface area contributed by atoms with Crippen LogP contribution in [0, 0.1) is 0 Å². The fraction of sp³-hybridized carbons (Fsp3) is 0. The smallest absolute Gasteiger partial charge is 0.0979 e. The fourth-order valence-corrected chi connectivity index (χ4v) is 8.98. The summed E-state index contributed by atoms with van der Waals surface area (Å²) in [7, 11) is 0. The summed E-state index contributed by atoms with van der Waals surface area (Å²) in [5, 5.41) is 9.61. The van der Waals surface area contributed by atoms with Gasteiger partial charge in [0, 0.05) is 49.3 Å². The summed E-state index contributed by atoms with van der Waals surface area (Å²) < 4.78 is 4.78. The molecule has 0 aliphatic rings. The second-order valence-corrected chi connectivity index (χ2v) is 14.6. The van der Waals surface area contributed by atoms with Gasteiger partial charge in [-0.2, -0.15) is 0 Å². The predicted octanol–water partition coefficient (Wildman–Crippen LogP) is 13.5. The molecule has 0 unspecified atom stereocenters. The van der Waals surface area contributed by atoms with Crippen molar-refractivity contribution in [3.8, 4) is 33.8 Å². The van der Waals surface area contributed by atoms with Gasteiger partial charge >= 0.3 is 0 Å². The van der Waals surface area contributed by atoms with Crippen LogP contribution in [0.15, 0.2) is 194 Å². The van der Waals surface area contributed by atoms with Crippen LogP contribution in [0.3, 0.4) is 0 Å². The highest BCUT2D eigenvalue weighted by Gasteiger charge is 2.17. The molecular formula is C52H32N4. The van der Waals surface area contributed by atoms with Gasteiger partial charge in [-0.25, -0.2) is 4.98 Å². The molecule has 3 heterocycles. The van der Waals surface area contributed by atoms with E-state index in [0.717, 1.165) is 44.4 Å². The quantitative estimate of drug-likeness (QED) is 0.170. The second kappa shape index (κ2) is 12.0. The highest BCUT2D eigenvalue weighted by atomic mass is 15.0. The molecule has 9 aromatic carbocycles. The number of hydrogen-bond donors (Lipinski definition) is 0. The van der Waals surface area contributed by atoms with E-state index in [2.05, 4.69) is 197 Å². The maximum absolute atomic E-state index is 5.25. The normalized spacial score (nSPS) is 11.9. The first-order valence-corrected chi connectivity index (χ1v) is 19.1. The van der Waals surface area contributed by atoms with Gasteiger partial charge in [0.15, 0.2) is 0 Å². The Morgan fingerprint density at radius 3 is 1.30 bits per heavy atom. The molecule has 12 aromatic rings. The first-order chi connectivity index (χ1) is 27.8. The van der Waals surface area contributed by atoms with Crippen LogP contribution in [-0.4, -0.2) is 19.1 Å². The molecular weight excluding hydrogens is 681 g/mol. The Labute approximate surface area is 322 Å². The standard InChI is InChI=1S/C52H32N4/c1-2-12-36(13-3-1)55-47-20-10-8-16-40(47)42-28-24-34(30-49(42)55)35-25-29-43-41-17-9-11-21-48(41)56(50(43)31-35)37-26-22-33(23-27-37)46-32-53-51-44-18-6-4-14-38(44)39-15-5-7-19-45(39)52(51)54-46/h1-32H. The van der Waals surface area contributed by atoms with Crippen molar-refractivity contribution in [3.05, 3.63) is 194 Å². The number of hydrogen-bond acceptors (Lipinski definition) is 2. The van der Waals surface area contributed by atoms with Crippen LogP contribution in [0.1, 0.15) is 0 Å². The fourth-order valence-electron chi connectivity index (χ4n) is 8.98. The lowest BCUT2D eigenvalue weighted by Crippen LogP contribution is -1.95. The Bertz CT molecular complexity index is 3480. The lowest BCUT2D eigenvalue weighted by molar-refractivity contribution is 1.18. The lowest BCUT2D eigenvalue weighted by Gasteiger charge is -2.12. The summed E-state index contributed by atoms with van der Waals surface area (Å²) >= 11 is 0. The minimum absolute atomic E-state index is 0.859. The molecule has 56 heavy (non-hydrogen) atoms. The number of para-hydroxylation sites is 3. The van der Waals surface area contributed by atoms with Gasteiger partial charge in [0.2, 0.25) is 0 Å². The Balaban J connectivity index is 0.998.